The second-order valence-electron chi connectivity index (χ2n) is 3.61. The van der Waals surface area contributed by atoms with Gasteiger partial charge in [0.1, 0.15) is 5.75 Å². The fourth-order valence-electron chi connectivity index (χ4n) is 1.36. The first kappa shape index (κ1) is 12.5. The van der Waals surface area contributed by atoms with Crippen molar-refractivity contribution in [3.8, 4) is 5.75 Å². The fourth-order valence-corrected chi connectivity index (χ4v) is 1.36. The van der Waals surface area contributed by atoms with E-state index in [4.69, 9.17) is 9.84 Å². The number of benzene rings is 1. The monoisotopic (exact) mass is 224 g/mol. The maximum Gasteiger partial charge on any atom is 0.337 e. The van der Waals surface area contributed by atoms with Gasteiger partial charge in [0.15, 0.2) is 6.10 Å². The van der Waals surface area contributed by atoms with Crippen molar-refractivity contribution < 1.29 is 19.7 Å². The molecular formula is C12H16O4. The maximum atomic E-state index is 10.6. The molecule has 1 rings (SSSR count). The molecular weight excluding hydrogens is 208 g/mol. The van der Waals surface area contributed by atoms with Crippen LogP contribution in [-0.2, 0) is 4.79 Å². The normalized spacial score (nSPS) is 12.2. The van der Waals surface area contributed by atoms with Crippen molar-refractivity contribution in [1.29, 1.82) is 0 Å². The first-order valence-corrected chi connectivity index (χ1v) is 5.20. The Morgan fingerprint density at radius 1 is 1.50 bits per heavy atom. The van der Waals surface area contributed by atoms with E-state index < -0.39 is 12.1 Å². The van der Waals surface area contributed by atoms with Gasteiger partial charge in [0, 0.05) is 0 Å². The number of rotatable bonds is 5. The number of carboxylic acid groups (broad SMARTS) is 1. The summed E-state index contributed by atoms with van der Waals surface area (Å²) in [5.74, 6) is -0.523. The molecule has 88 valence electrons. The summed E-state index contributed by atoms with van der Waals surface area (Å²) in [5.41, 5.74) is 1.19. The molecule has 4 heteroatoms. The van der Waals surface area contributed by atoms with E-state index in [0.717, 1.165) is 17.7 Å². The van der Waals surface area contributed by atoms with Gasteiger partial charge in [-0.25, -0.2) is 4.79 Å². The van der Waals surface area contributed by atoms with Crippen molar-refractivity contribution in [3.05, 3.63) is 29.3 Å². The Labute approximate surface area is 94.5 Å². The van der Waals surface area contributed by atoms with E-state index in [0.29, 0.717) is 12.2 Å². The van der Waals surface area contributed by atoms with Gasteiger partial charge in [0.05, 0.1) is 6.61 Å². The minimum absolute atomic E-state index is 0.369. The summed E-state index contributed by atoms with van der Waals surface area (Å²) in [6.07, 6.45) is -0.558. The molecule has 1 unspecified atom stereocenters. The third kappa shape index (κ3) is 2.97. The average Bonchev–Trinajstić information content (AvgIpc) is 2.26. The van der Waals surface area contributed by atoms with Gasteiger partial charge in [-0.05, 0) is 36.6 Å². The first-order valence-electron chi connectivity index (χ1n) is 5.20. The smallest absolute Gasteiger partial charge is 0.337 e. The maximum absolute atomic E-state index is 10.6. The van der Waals surface area contributed by atoms with Gasteiger partial charge in [-0.3, -0.25) is 0 Å². The van der Waals surface area contributed by atoms with Crippen LogP contribution in [0.25, 0.3) is 0 Å². The first-order chi connectivity index (χ1) is 7.56. The van der Waals surface area contributed by atoms with Crippen LogP contribution < -0.4 is 4.74 Å². The Bertz CT molecular complexity index is 373. The van der Waals surface area contributed by atoms with Crippen molar-refractivity contribution in [2.75, 3.05) is 6.61 Å². The van der Waals surface area contributed by atoms with Gasteiger partial charge in [-0.15, -0.1) is 0 Å². The lowest BCUT2D eigenvalue weighted by Gasteiger charge is -2.11. The van der Waals surface area contributed by atoms with E-state index in [1.54, 1.807) is 18.2 Å². The lowest BCUT2D eigenvalue weighted by molar-refractivity contribution is -0.146. The fraction of sp³-hybridized carbons (Fsp3) is 0.417. The number of aliphatic hydroxyl groups excluding tert-OH is 1. The van der Waals surface area contributed by atoms with E-state index in [-0.39, 0.29) is 0 Å². The number of carboxylic acids is 1. The zero-order valence-electron chi connectivity index (χ0n) is 9.43. The van der Waals surface area contributed by atoms with Crippen LogP contribution in [0.2, 0.25) is 0 Å². The number of hydrogen-bond acceptors (Lipinski definition) is 3. The summed E-state index contributed by atoms with van der Waals surface area (Å²) in [4.78, 5) is 10.6. The molecule has 0 saturated carbocycles. The van der Waals surface area contributed by atoms with Gasteiger partial charge in [-0.2, -0.15) is 0 Å². The van der Waals surface area contributed by atoms with E-state index in [2.05, 4.69) is 0 Å². The highest BCUT2D eigenvalue weighted by Gasteiger charge is 2.16. The Morgan fingerprint density at radius 3 is 2.69 bits per heavy atom. The molecule has 0 fully saturated rings. The minimum atomic E-state index is -1.47. The Balaban J connectivity index is 2.86. The number of aryl methyl sites for hydroxylation is 1. The SMILES string of the molecule is CCCOc1ccc(C(O)C(=O)O)cc1C. The van der Waals surface area contributed by atoms with E-state index >= 15 is 0 Å². The molecule has 0 aromatic heterocycles. The molecule has 16 heavy (non-hydrogen) atoms. The summed E-state index contributed by atoms with van der Waals surface area (Å²) < 4.78 is 5.45. The Kier molecular flexibility index (Phi) is 4.31. The molecule has 0 saturated heterocycles. The third-order valence-corrected chi connectivity index (χ3v) is 2.21. The van der Waals surface area contributed by atoms with Crippen LogP contribution >= 0.6 is 0 Å². The zero-order valence-corrected chi connectivity index (χ0v) is 9.43. The summed E-state index contributed by atoms with van der Waals surface area (Å²) in [6.45, 7) is 4.46. The van der Waals surface area contributed by atoms with Crippen molar-refractivity contribution in [3.63, 3.8) is 0 Å². The number of aliphatic hydroxyl groups is 1. The highest BCUT2D eigenvalue weighted by molar-refractivity contribution is 5.74. The highest BCUT2D eigenvalue weighted by atomic mass is 16.5. The molecule has 0 aliphatic carbocycles. The number of aliphatic carboxylic acids is 1. The van der Waals surface area contributed by atoms with Crippen LogP contribution in [0.1, 0.15) is 30.6 Å². The quantitative estimate of drug-likeness (QED) is 0.801. The molecule has 4 nitrogen and oxygen atoms in total. The number of ether oxygens (including phenoxy) is 1. The molecule has 0 amide bonds. The molecule has 0 aliphatic heterocycles. The molecule has 0 aliphatic rings. The number of carbonyl (C=O) groups is 1. The van der Waals surface area contributed by atoms with E-state index in [1.807, 2.05) is 13.8 Å². The topological polar surface area (TPSA) is 66.8 Å². The Morgan fingerprint density at radius 2 is 2.19 bits per heavy atom. The molecule has 2 N–H and O–H groups in total. The van der Waals surface area contributed by atoms with Crippen LogP contribution in [0.5, 0.6) is 5.75 Å². The van der Waals surface area contributed by atoms with E-state index in [9.17, 15) is 9.90 Å². The minimum Gasteiger partial charge on any atom is -0.493 e. The Hall–Kier alpha value is -1.55. The molecule has 0 heterocycles. The standard InChI is InChI=1S/C12H16O4/c1-3-6-16-10-5-4-9(7-8(10)2)11(13)12(14)15/h4-5,7,11,13H,3,6H2,1-2H3,(H,14,15). The van der Waals surface area contributed by atoms with Crippen molar-refractivity contribution >= 4 is 5.97 Å². The van der Waals surface area contributed by atoms with Crippen molar-refractivity contribution in [2.24, 2.45) is 0 Å². The molecule has 1 aromatic carbocycles. The van der Waals surface area contributed by atoms with Crippen LogP contribution in [0.15, 0.2) is 18.2 Å². The largest absolute Gasteiger partial charge is 0.493 e. The lowest BCUT2D eigenvalue weighted by atomic mass is 10.1. The molecule has 1 aromatic rings. The molecule has 0 spiro atoms. The van der Waals surface area contributed by atoms with E-state index in [1.165, 1.54) is 0 Å². The summed E-state index contributed by atoms with van der Waals surface area (Å²) in [6, 6.07) is 4.88. The molecule has 1 atom stereocenters. The summed E-state index contributed by atoms with van der Waals surface area (Å²) >= 11 is 0. The van der Waals surface area contributed by atoms with Crippen LogP contribution in [-0.4, -0.2) is 22.8 Å². The predicted molar refractivity (Wildman–Crippen MR) is 59.6 cm³/mol. The molecule has 0 radical (unpaired) electrons. The second-order valence-corrected chi connectivity index (χ2v) is 3.61. The van der Waals surface area contributed by atoms with Gasteiger partial charge in [0.25, 0.3) is 0 Å². The zero-order chi connectivity index (χ0) is 12.1. The van der Waals surface area contributed by atoms with Crippen molar-refractivity contribution in [2.45, 2.75) is 26.4 Å². The van der Waals surface area contributed by atoms with Gasteiger partial charge in [-0.1, -0.05) is 13.0 Å². The molecule has 0 bridgehead atoms. The second kappa shape index (κ2) is 5.51. The lowest BCUT2D eigenvalue weighted by Crippen LogP contribution is -2.10. The summed E-state index contributed by atoms with van der Waals surface area (Å²) in [5, 5.41) is 18.0. The third-order valence-electron chi connectivity index (χ3n) is 2.21. The van der Waals surface area contributed by atoms with Gasteiger partial charge < -0.3 is 14.9 Å². The highest BCUT2D eigenvalue weighted by Crippen LogP contribution is 2.23. The van der Waals surface area contributed by atoms with Crippen LogP contribution in [0, 0.1) is 6.92 Å². The van der Waals surface area contributed by atoms with Gasteiger partial charge in [0.2, 0.25) is 0 Å². The summed E-state index contributed by atoms with van der Waals surface area (Å²) in [7, 11) is 0. The van der Waals surface area contributed by atoms with Crippen LogP contribution in [0.3, 0.4) is 0 Å². The van der Waals surface area contributed by atoms with Gasteiger partial charge >= 0.3 is 5.97 Å². The average molecular weight is 224 g/mol. The predicted octanol–water partition coefficient (Wildman–Crippen LogP) is 1.90. The van der Waals surface area contributed by atoms with Crippen LogP contribution in [0.4, 0.5) is 0 Å². The number of hydrogen-bond donors (Lipinski definition) is 2. The van der Waals surface area contributed by atoms with Crippen molar-refractivity contribution in [1.82, 2.24) is 0 Å².